The molecule has 0 radical (unpaired) electrons. The van der Waals surface area contributed by atoms with Crippen molar-refractivity contribution in [2.24, 2.45) is 17.6 Å². The molecule has 0 aromatic heterocycles. The number of aliphatic hydroxyl groups excluding tert-OH is 2. The number of aliphatic hydroxyl groups is 3. The number of anilines is 1. The van der Waals surface area contributed by atoms with E-state index in [0.717, 1.165) is 0 Å². The van der Waals surface area contributed by atoms with Gasteiger partial charge in [-0.05, 0) is 45.1 Å². The van der Waals surface area contributed by atoms with Gasteiger partial charge in [-0.3, -0.25) is 14.4 Å². The highest BCUT2D eigenvalue weighted by Crippen LogP contribution is 2.53. The summed E-state index contributed by atoms with van der Waals surface area (Å²) in [7, 11) is 3.37. The van der Waals surface area contributed by atoms with Crippen LogP contribution in [-0.4, -0.2) is 73.5 Å². The molecule has 4 atom stereocenters. The Labute approximate surface area is 200 Å². The van der Waals surface area contributed by atoms with Gasteiger partial charge in [-0.1, -0.05) is 12.2 Å². The Morgan fingerprint density at radius 3 is 2.41 bits per heavy atom. The summed E-state index contributed by atoms with van der Waals surface area (Å²) in [6, 6.07) is 2.20. The fourth-order valence-corrected chi connectivity index (χ4v) is 5.78. The Morgan fingerprint density at radius 2 is 1.85 bits per heavy atom. The van der Waals surface area contributed by atoms with E-state index < -0.39 is 58.0 Å². The standard InChI is InChI=1S/C23H25N3O7S/c1-8(34)25-12-4-5-13(27)15-9(12)6-10-16(19(15)29)20(30)23(33)11(18(10)26(2)3)7-14(28)17(21(23)31)22(24)32/h4-5,10-11,18,27-28,30,33H,6-7H2,1-3H3,(H2,24,32)(H,25,34)/t10?,11?,18-,23-/m0/s1. The second kappa shape index (κ2) is 7.90. The number of nitrogens with zero attached hydrogens (tertiary/aromatic N) is 1. The minimum atomic E-state index is -2.65. The van der Waals surface area contributed by atoms with Crippen molar-refractivity contribution in [1.29, 1.82) is 0 Å². The number of allylic oxidation sites excluding steroid dienone is 1. The number of hydrogen-bond acceptors (Lipinski definition) is 9. The smallest absolute Gasteiger partial charge is 0.255 e. The molecule has 0 aliphatic heterocycles. The fraction of sp³-hybridized carbons (Fsp3) is 0.391. The molecule has 2 unspecified atom stereocenters. The summed E-state index contributed by atoms with van der Waals surface area (Å²) in [4.78, 5) is 40.9. The van der Waals surface area contributed by atoms with Gasteiger partial charge >= 0.3 is 0 Å². The van der Waals surface area contributed by atoms with Crippen LogP contribution in [0.25, 0.3) is 0 Å². The van der Waals surface area contributed by atoms with E-state index in [1.165, 1.54) is 6.07 Å². The predicted octanol–water partition coefficient (Wildman–Crippen LogP) is 0.880. The number of rotatable bonds is 3. The van der Waals surface area contributed by atoms with Crippen molar-refractivity contribution in [3.8, 4) is 5.75 Å². The minimum absolute atomic E-state index is 0.0737. The van der Waals surface area contributed by atoms with Gasteiger partial charge in [0.2, 0.25) is 5.78 Å². The van der Waals surface area contributed by atoms with E-state index in [1.807, 2.05) is 0 Å². The zero-order chi connectivity index (χ0) is 25.3. The van der Waals surface area contributed by atoms with Crippen molar-refractivity contribution in [2.45, 2.75) is 31.4 Å². The summed E-state index contributed by atoms with van der Waals surface area (Å²) in [6.07, 6.45) is -0.154. The lowest BCUT2D eigenvalue weighted by Crippen LogP contribution is -2.65. The third-order valence-corrected chi connectivity index (χ3v) is 7.07. The lowest BCUT2D eigenvalue weighted by molar-refractivity contribution is -0.149. The number of amides is 1. The number of carbonyl (C=O) groups is 3. The first kappa shape index (κ1) is 23.9. The molecule has 0 bridgehead atoms. The lowest BCUT2D eigenvalue weighted by Gasteiger charge is -2.52. The molecule has 0 fully saturated rings. The fourth-order valence-electron chi connectivity index (χ4n) is 5.67. The molecule has 3 aliphatic rings. The van der Waals surface area contributed by atoms with Crippen LogP contribution >= 0.6 is 12.2 Å². The van der Waals surface area contributed by atoms with Crippen LogP contribution in [0.3, 0.4) is 0 Å². The molecule has 180 valence electrons. The monoisotopic (exact) mass is 487 g/mol. The summed E-state index contributed by atoms with van der Waals surface area (Å²) in [5, 5.41) is 46.7. The Kier molecular flexibility index (Phi) is 5.54. The predicted molar refractivity (Wildman–Crippen MR) is 126 cm³/mol. The number of carbonyl (C=O) groups excluding carboxylic acids is 3. The first-order chi connectivity index (χ1) is 15.8. The van der Waals surface area contributed by atoms with E-state index in [-0.39, 0.29) is 29.7 Å². The Hall–Kier alpha value is -3.28. The second-order valence-electron chi connectivity index (χ2n) is 9.12. The Bertz CT molecular complexity index is 1240. The average molecular weight is 488 g/mol. The molecule has 11 heteroatoms. The maximum absolute atomic E-state index is 13.7. The number of Topliss-reactive ketones (excluding diaryl/α,β-unsaturated/α-hetero) is 2. The van der Waals surface area contributed by atoms with Crippen LogP contribution in [0.4, 0.5) is 5.69 Å². The minimum Gasteiger partial charge on any atom is -0.511 e. The van der Waals surface area contributed by atoms with Crippen molar-refractivity contribution < 1.29 is 34.8 Å². The van der Waals surface area contributed by atoms with Crippen molar-refractivity contribution >= 4 is 40.4 Å². The molecule has 10 nitrogen and oxygen atoms in total. The number of phenols is 1. The van der Waals surface area contributed by atoms with Gasteiger partial charge < -0.3 is 36.4 Å². The highest BCUT2D eigenvalue weighted by Gasteiger charge is 2.63. The van der Waals surface area contributed by atoms with Gasteiger partial charge in [0, 0.05) is 35.6 Å². The summed E-state index contributed by atoms with van der Waals surface area (Å²) in [5.74, 6) is -6.85. The largest absolute Gasteiger partial charge is 0.511 e. The summed E-state index contributed by atoms with van der Waals surface area (Å²) >= 11 is 5.13. The third kappa shape index (κ3) is 3.15. The molecule has 0 saturated carbocycles. The molecule has 4 rings (SSSR count). The maximum atomic E-state index is 13.7. The van der Waals surface area contributed by atoms with Gasteiger partial charge in [-0.25, -0.2) is 0 Å². The van der Waals surface area contributed by atoms with Crippen molar-refractivity contribution in [3.63, 3.8) is 0 Å². The van der Waals surface area contributed by atoms with E-state index in [1.54, 1.807) is 32.0 Å². The number of ketones is 2. The average Bonchev–Trinajstić information content (AvgIpc) is 2.72. The third-order valence-electron chi connectivity index (χ3n) is 6.96. The summed E-state index contributed by atoms with van der Waals surface area (Å²) < 4.78 is 0. The summed E-state index contributed by atoms with van der Waals surface area (Å²) in [5.41, 5.74) is 2.49. The molecule has 1 aromatic rings. The molecule has 0 heterocycles. The van der Waals surface area contributed by atoms with E-state index in [9.17, 15) is 34.8 Å². The van der Waals surface area contributed by atoms with E-state index >= 15 is 0 Å². The van der Waals surface area contributed by atoms with Gasteiger partial charge in [0.15, 0.2) is 11.4 Å². The normalized spacial score (nSPS) is 28.4. The SMILES string of the molecule is CC(=S)Nc1ccc(O)c2c1CC1C(=C(O)[C@]3(O)C(=O)C(C(N)=O)=C(O)CC3[C@H]1N(C)C)C2=O. The molecular formula is C23H25N3O7S. The maximum Gasteiger partial charge on any atom is 0.255 e. The van der Waals surface area contributed by atoms with Crippen LogP contribution in [-0.2, 0) is 16.0 Å². The molecule has 0 saturated heterocycles. The quantitative estimate of drug-likeness (QED) is 0.204. The highest BCUT2D eigenvalue weighted by molar-refractivity contribution is 7.80. The number of thiocarbonyl (C=S) groups is 1. The number of primary amides is 1. The van der Waals surface area contributed by atoms with Crippen LogP contribution in [0.5, 0.6) is 5.75 Å². The van der Waals surface area contributed by atoms with Gasteiger partial charge in [-0.2, -0.15) is 0 Å². The number of phenolic OH excluding ortho intramolecular Hbond substituents is 1. The molecule has 3 aliphatic carbocycles. The molecule has 34 heavy (non-hydrogen) atoms. The van der Waals surface area contributed by atoms with Crippen LogP contribution in [0.1, 0.15) is 29.3 Å². The second-order valence-corrected chi connectivity index (χ2v) is 9.73. The first-order valence-electron chi connectivity index (χ1n) is 10.6. The topological polar surface area (TPSA) is 173 Å². The van der Waals surface area contributed by atoms with Crippen molar-refractivity contribution in [2.75, 3.05) is 19.4 Å². The molecule has 1 aromatic carbocycles. The highest BCUT2D eigenvalue weighted by atomic mass is 32.1. The molecular weight excluding hydrogens is 462 g/mol. The number of hydrogen-bond donors (Lipinski definition) is 6. The van der Waals surface area contributed by atoms with Crippen molar-refractivity contribution in [3.05, 3.63) is 45.9 Å². The summed E-state index contributed by atoms with van der Waals surface area (Å²) in [6.45, 7) is 1.67. The number of benzene rings is 1. The van der Waals surface area contributed by atoms with E-state index in [4.69, 9.17) is 18.0 Å². The van der Waals surface area contributed by atoms with Crippen LogP contribution in [0.15, 0.2) is 34.8 Å². The zero-order valence-electron chi connectivity index (χ0n) is 18.7. The zero-order valence-corrected chi connectivity index (χ0v) is 19.6. The van der Waals surface area contributed by atoms with Gasteiger partial charge in [0.25, 0.3) is 5.91 Å². The lowest BCUT2D eigenvalue weighted by atomic mass is 9.57. The van der Waals surface area contributed by atoms with E-state index in [0.29, 0.717) is 16.2 Å². The first-order valence-corrected chi connectivity index (χ1v) is 11.0. The van der Waals surface area contributed by atoms with Crippen LogP contribution in [0, 0.1) is 11.8 Å². The Balaban J connectivity index is 2.00. The molecule has 7 N–H and O–H groups in total. The number of fused-ring (bicyclic) bond motifs is 3. The van der Waals surface area contributed by atoms with Gasteiger partial charge in [0.1, 0.15) is 22.8 Å². The van der Waals surface area contributed by atoms with Crippen molar-refractivity contribution in [1.82, 2.24) is 4.90 Å². The number of aromatic hydroxyl groups is 1. The number of nitrogens with one attached hydrogen (secondary N) is 1. The van der Waals surface area contributed by atoms with Crippen LogP contribution in [0.2, 0.25) is 0 Å². The van der Waals surface area contributed by atoms with Gasteiger partial charge in [0.05, 0.1) is 10.6 Å². The molecule has 0 spiro atoms. The van der Waals surface area contributed by atoms with Gasteiger partial charge in [-0.15, -0.1) is 0 Å². The van der Waals surface area contributed by atoms with Crippen LogP contribution < -0.4 is 11.1 Å². The number of nitrogens with two attached hydrogens (primary N) is 1. The Morgan fingerprint density at radius 1 is 1.21 bits per heavy atom. The molecule has 1 amide bonds. The van der Waals surface area contributed by atoms with E-state index in [2.05, 4.69) is 5.32 Å².